The van der Waals surface area contributed by atoms with Crippen LogP contribution in [-0.4, -0.2) is 51.9 Å². The van der Waals surface area contributed by atoms with E-state index >= 15 is 0 Å². The number of fused-ring (bicyclic) bond motifs is 1. The summed E-state index contributed by atoms with van der Waals surface area (Å²) in [5.74, 6) is -1.86. The number of amides is 1. The van der Waals surface area contributed by atoms with Crippen molar-refractivity contribution in [3.05, 3.63) is 67.7 Å². The van der Waals surface area contributed by atoms with Crippen molar-refractivity contribution in [3.8, 4) is 16.9 Å². The van der Waals surface area contributed by atoms with Gasteiger partial charge in [0.05, 0.1) is 28.5 Å². The van der Waals surface area contributed by atoms with Crippen LogP contribution in [0.25, 0.3) is 27.8 Å². The molecule has 5 rings (SSSR count). The number of nitrogens with one attached hydrogen (secondary N) is 1. The Morgan fingerprint density at radius 1 is 1.22 bits per heavy atom. The lowest BCUT2D eigenvalue weighted by molar-refractivity contribution is 0.0306. The Morgan fingerprint density at radius 3 is 2.66 bits per heavy atom. The summed E-state index contributed by atoms with van der Waals surface area (Å²) in [6.07, 6.45) is 1.24. The number of para-hydroxylation sites is 1. The monoisotopic (exact) mass is 476 g/mol. The minimum Gasteiger partial charge on any atom is -0.378 e. The number of halogens is 3. The van der Waals surface area contributed by atoms with E-state index < -0.39 is 22.9 Å². The van der Waals surface area contributed by atoms with Crippen LogP contribution >= 0.6 is 22.9 Å². The number of pyridine rings is 1. The van der Waals surface area contributed by atoms with Gasteiger partial charge in [0, 0.05) is 30.2 Å². The van der Waals surface area contributed by atoms with Gasteiger partial charge in [-0.25, -0.2) is 13.5 Å². The maximum Gasteiger partial charge on any atom is 0.264 e. The average molecular weight is 477 g/mol. The molecule has 3 aromatic heterocycles. The second-order valence-corrected chi connectivity index (χ2v) is 8.44. The molecule has 0 radical (unpaired) electrons. The highest BCUT2D eigenvalue weighted by Crippen LogP contribution is 2.35. The number of carbonyl (C=O) groups excluding carboxylic acids is 1. The van der Waals surface area contributed by atoms with Gasteiger partial charge in [0.25, 0.3) is 11.5 Å². The Hall–Kier alpha value is -3.08. The van der Waals surface area contributed by atoms with Crippen molar-refractivity contribution in [1.29, 1.82) is 0 Å². The van der Waals surface area contributed by atoms with Crippen molar-refractivity contribution in [3.63, 3.8) is 0 Å². The number of hydrogen-bond donors (Lipinski definition) is 1. The van der Waals surface area contributed by atoms with Gasteiger partial charge in [-0.1, -0.05) is 17.7 Å². The molecule has 1 aromatic carbocycles. The Labute approximate surface area is 188 Å². The number of aromatic nitrogens is 3. The van der Waals surface area contributed by atoms with Crippen molar-refractivity contribution in [2.75, 3.05) is 26.3 Å². The highest BCUT2D eigenvalue weighted by molar-refractivity contribution is 7.12. The number of nitrogens with zero attached hydrogens (tertiary/aromatic N) is 3. The van der Waals surface area contributed by atoms with Gasteiger partial charge in [-0.2, -0.15) is 5.10 Å². The lowest BCUT2D eigenvalue weighted by atomic mass is 10.1. The molecule has 0 unspecified atom stereocenters. The van der Waals surface area contributed by atoms with Gasteiger partial charge in [-0.05, 0) is 18.2 Å². The lowest BCUT2D eigenvalue weighted by Crippen LogP contribution is -2.40. The van der Waals surface area contributed by atoms with Crippen LogP contribution in [0.15, 0.2) is 40.6 Å². The van der Waals surface area contributed by atoms with E-state index in [2.05, 4.69) is 10.1 Å². The molecule has 32 heavy (non-hydrogen) atoms. The molecule has 1 aliphatic rings. The second kappa shape index (κ2) is 8.12. The van der Waals surface area contributed by atoms with Crippen LogP contribution in [0.1, 0.15) is 9.67 Å². The third-order valence-corrected chi connectivity index (χ3v) is 6.41. The molecule has 1 saturated heterocycles. The number of H-pyrrole nitrogens is 1. The molecular weight excluding hydrogens is 462 g/mol. The van der Waals surface area contributed by atoms with Gasteiger partial charge in [-0.3, -0.25) is 9.59 Å². The predicted octanol–water partition coefficient (Wildman–Crippen LogP) is 3.85. The van der Waals surface area contributed by atoms with Crippen LogP contribution in [0.4, 0.5) is 8.78 Å². The van der Waals surface area contributed by atoms with Crippen LogP contribution in [0.3, 0.4) is 0 Å². The zero-order valence-electron chi connectivity index (χ0n) is 16.4. The van der Waals surface area contributed by atoms with E-state index in [1.807, 2.05) is 0 Å². The van der Waals surface area contributed by atoms with Gasteiger partial charge >= 0.3 is 0 Å². The first kappa shape index (κ1) is 20.8. The SMILES string of the molecule is O=C(c1cc(-c2nn(-c3c(F)cccc3F)c3c(Cl)c[nH]c(=O)c23)cs1)N1CCOCC1. The Bertz CT molecular complexity index is 1390. The Balaban J connectivity index is 1.68. The molecular formula is C21H15ClF2N4O3S. The van der Waals surface area contributed by atoms with Gasteiger partial charge < -0.3 is 14.6 Å². The third-order valence-electron chi connectivity index (χ3n) is 5.20. The molecule has 11 heteroatoms. The quantitative estimate of drug-likeness (QED) is 0.487. The van der Waals surface area contributed by atoms with E-state index in [0.29, 0.717) is 36.7 Å². The fourth-order valence-corrected chi connectivity index (χ4v) is 4.76. The van der Waals surface area contributed by atoms with E-state index in [-0.39, 0.29) is 27.5 Å². The van der Waals surface area contributed by atoms with Crippen molar-refractivity contribution >= 4 is 39.7 Å². The molecule has 1 fully saturated rings. The summed E-state index contributed by atoms with van der Waals surface area (Å²) in [7, 11) is 0. The first-order valence-corrected chi connectivity index (χ1v) is 10.9. The van der Waals surface area contributed by atoms with E-state index in [1.54, 1.807) is 16.3 Å². The van der Waals surface area contributed by atoms with E-state index in [9.17, 15) is 18.4 Å². The minimum atomic E-state index is -0.856. The van der Waals surface area contributed by atoms with Crippen molar-refractivity contribution in [1.82, 2.24) is 19.7 Å². The summed E-state index contributed by atoms with van der Waals surface area (Å²) in [5, 5.41) is 6.17. The van der Waals surface area contributed by atoms with Crippen LogP contribution in [0, 0.1) is 11.6 Å². The minimum absolute atomic E-state index is 0.0702. The average Bonchev–Trinajstić information content (AvgIpc) is 3.42. The number of thiophene rings is 1. The zero-order chi connectivity index (χ0) is 22.4. The summed E-state index contributed by atoms with van der Waals surface area (Å²) in [5.41, 5.74) is -0.254. The first-order chi connectivity index (χ1) is 15.5. The molecule has 0 saturated carbocycles. The van der Waals surface area contributed by atoms with Crippen LogP contribution in [0.2, 0.25) is 5.02 Å². The van der Waals surface area contributed by atoms with Crippen LogP contribution < -0.4 is 5.56 Å². The number of hydrogen-bond acceptors (Lipinski definition) is 5. The Kier molecular flexibility index (Phi) is 5.28. The summed E-state index contributed by atoms with van der Waals surface area (Å²) >= 11 is 7.50. The van der Waals surface area contributed by atoms with Gasteiger partial charge in [-0.15, -0.1) is 11.3 Å². The molecule has 0 atom stereocenters. The number of ether oxygens (including phenoxy) is 1. The summed E-state index contributed by atoms with van der Waals surface area (Å²) in [6, 6.07) is 5.04. The molecule has 1 amide bonds. The third kappa shape index (κ3) is 3.40. The normalized spacial score (nSPS) is 14.3. The number of benzene rings is 1. The topological polar surface area (TPSA) is 80.2 Å². The van der Waals surface area contributed by atoms with Crippen LogP contribution in [-0.2, 0) is 4.74 Å². The van der Waals surface area contributed by atoms with Crippen LogP contribution in [0.5, 0.6) is 0 Å². The molecule has 1 N–H and O–H groups in total. The highest BCUT2D eigenvalue weighted by Gasteiger charge is 2.25. The predicted molar refractivity (Wildman–Crippen MR) is 117 cm³/mol. The number of carbonyl (C=O) groups is 1. The van der Waals surface area contributed by atoms with Gasteiger partial charge in [0.15, 0.2) is 11.6 Å². The summed E-state index contributed by atoms with van der Waals surface area (Å²) < 4.78 is 35.3. The highest BCUT2D eigenvalue weighted by atomic mass is 35.5. The van der Waals surface area contributed by atoms with Crippen molar-refractivity contribution in [2.24, 2.45) is 0 Å². The molecule has 0 aliphatic carbocycles. The van der Waals surface area contributed by atoms with E-state index in [0.717, 1.165) is 16.8 Å². The lowest BCUT2D eigenvalue weighted by Gasteiger charge is -2.26. The van der Waals surface area contributed by atoms with Gasteiger partial charge in [0.2, 0.25) is 0 Å². The molecule has 164 valence electrons. The van der Waals surface area contributed by atoms with E-state index in [4.69, 9.17) is 16.3 Å². The standard InChI is InChI=1S/C21H15ClF2N4O3S/c22-12-9-25-20(29)16-17(26-28(18(12)16)19-13(23)2-1-3-14(19)24)11-8-15(32-10-11)21(30)27-4-6-31-7-5-27/h1-3,8-10H,4-7H2,(H,25,29). The molecule has 0 spiro atoms. The maximum atomic E-state index is 14.5. The van der Waals surface area contributed by atoms with Crippen molar-refractivity contribution in [2.45, 2.75) is 0 Å². The molecule has 7 nitrogen and oxygen atoms in total. The van der Waals surface area contributed by atoms with Gasteiger partial charge in [0.1, 0.15) is 16.9 Å². The number of aromatic amines is 1. The summed E-state index contributed by atoms with van der Waals surface area (Å²) in [4.78, 5) is 30.2. The number of rotatable bonds is 3. The second-order valence-electron chi connectivity index (χ2n) is 7.12. The molecule has 0 bridgehead atoms. The molecule has 1 aliphatic heterocycles. The fraction of sp³-hybridized carbons (Fsp3) is 0.190. The first-order valence-electron chi connectivity index (χ1n) is 9.66. The zero-order valence-corrected chi connectivity index (χ0v) is 18.0. The van der Waals surface area contributed by atoms with E-state index in [1.165, 1.54) is 23.6 Å². The molecule has 4 heterocycles. The fourth-order valence-electron chi connectivity index (χ4n) is 3.67. The smallest absolute Gasteiger partial charge is 0.264 e. The molecule has 4 aromatic rings. The summed E-state index contributed by atoms with van der Waals surface area (Å²) in [6.45, 7) is 1.93. The van der Waals surface area contributed by atoms with Crippen molar-refractivity contribution < 1.29 is 18.3 Å². The number of morpholine rings is 1. The Morgan fingerprint density at radius 2 is 1.94 bits per heavy atom. The maximum absolute atomic E-state index is 14.5. The largest absolute Gasteiger partial charge is 0.378 e.